The van der Waals surface area contributed by atoms with Gasteiger partial charge in [-0.05, 0) is 56.6 Å². The third-order valence-electron chi connectivity index (χ3n) is 3.82. The Bertz CT molecular complexity index is 898. The highest BCUT2D eigenvalue weighted by molar-refractivity contribution is 5.92. The maximum Gasteiger partial charge on any atom is 0.270 e. The van der Waals surface area contributed by atoms with Crippen LogP contribution in [-0.2, 0) is 0 Å². The average Bonchev–Trinajstić information content (AvgIpc) is 2.70. The summed E-state index contributed by atoms with van der Waals surface area (Å²) in [5.74, 6) is 1.64. The number of amides is 1. The zero-order valence-electron chi connectivity index (χ0n) is 15.9. The van der Waals surface area contributed by atoms with E-state index in [0.29, 0.717) is 18.2 Å². The second-order valence-corrected chi connectivity index (χ2v) is 6.39. The number of carbonyl (C=O) groups excluding carboxylic acids is 1. The number of nitrogens with one attached hydrogen (secondary N) is 2. The minimum Gasteiger partial charge on any atom is -0.457 e. The average molecular weight is 377 g/mol. The molecule has 0 bridgehead atoms. The zero-order valence-corrected chi connectivity index (χ0v) is 15.9. The number of ether oxygens (including phenoxy) is 1. The number of rotatable bonds is 8. The van der Waals surface area contributed by atoms with E-state index in [1.165, 1.54) is 0 Å². The molecule has 1 heterocycles. The Morgan fingerprint density at radius 2 is 1.71 bits per heavy atom. The number of hydrogen-bond acceptors (Lipinski definition) is 6. The molecule has 28 heavy (non-hydrogen) atoms. The van der Waals surface area contributed by atoms with Crippen molar-refractivity contribution in [3.8, 4) is 11.5 Å². The topological polar surface area (TPSA) is 79.4 Å². The van der Waals surface area contributed by atoms with Gasteiger partial charge in [0.15, 0.2) is 0 Å². The van der Waals surface area contributed by atoms with Gasteiger partial charge in [0.05, 0.1) is 0 Å². The molecule has 0 aliphatic carbocycles. The summed E-state index contributed by atoms with van der Waals surface area (Å²) in [6.07, 6.45) is 1.56. The molecule has 0 saturated heterocycles. The predicted octanol–water partition coefficient (Wildman–Crippen LogP) is 3.30. The molecule has 0 atom stereocenters. The van der Waals surface area contributed by atoms with E-state index in [0.717, 1.165) is 23.7 Å². The maximum absolute atomic E-state index is 12.2. The number of carbonyl (C=O) groups is 1. The largest absolute Gasteiger partial charge is 0.457 e. The first-order valence-corrected chi connectivity index (χ1v) is 8.96. The summed E-state index contributed by atoms with van der Waals surface area (Å²) in [6, 6.07) is 18.6. The van der Waals surface area contributed by atoms with Crippen molar-refractivity contribution < 1.29 is 9.53 Å². The van der Waals surface area contributed by atoms with Crippen LogP contribution in [0.1, 0.15) is 10.5 Å². The normalized spacial score (nSPS) is 10.5. The van der Waals surface area contributed by atoms with Gasteiger partial charge in [-0.1, -0.05) is 18.2 Å². The highest BCUT2D eigenvalue weighted by atomic mass is 16.5. The molecule has 0 unspecified atom stereocenters. The molecule has 2 aromatic carbocycles. The minimum atomic E-state index is -0.223. The number of likely N-dealkylation sites (N-methyl/N-ethyl adjacent to an activating group) is 1. The Labute approximate surface area is 164 Å². The molecule has 2 N–H and O–H groups in total. The van der Waals surface area contributed by atoms with Gasteiger partial charge in [0, 0.05) is 25.0 Å². The number of hydrogen-bond donors (Lipinski definition) is 2. The molecule has 144 valence electrons. The summed E-state index contributed by atoms with van der Waals surface area (Å²) < 4.78 is 5.77. The molecule has 0 radical (unpaired) electrons. The van der Waals surface area contributed by atoms with Crippen molar-refractivity contribution in [1.82, 2.24) is 20.2 Å². The minimum absolute atomic E-state index is 0.223. The quantitative estimate of drug-likeness (QED) is 0.627. The van der Waals surface area contributed by atoms with Crippen LogP contribution in [0.4, 0.5) is 11.6 Å². The molecule has 7 nitrogen and oxygen atoms in total. The molecule has 0 aliphatic rings. The summed E-state index contributed by atoms with van der Waals surface area (Å²) >= 11 is 0. The van der Waals surface area contributed by atoms with Crippen molar-refractivity contribution in [3.63, 3.8) is 0 Å². The van der Waals surface area contributed by atoms with Crippen LogP contribution in [0, 0.1) is 0 Å². The van der Waals surface area contributed by atoms with E-state index < -0.39 is 0 Å². The Kier molecular flexibility index (Phi) is 6.54. The summed E-state index contributed by atoms with van der Waals surface area (Å²) in [7, 11) is 3.91. The Morgan fingerprint density at radius 1 is 1.00 bits per heavy atom. The second-order valence-electron chi connectivity index (χ2n) is 6.39. The molecule has 0 aliphatic heterocycles. The highest BCUT2D eigenvalue weighted by Gasteiger charge is 2.09. The van der Waals surface area contributed by atoms with Crippen molar-refractivity contribution in [1.29, 1.82) is 0 Å². The molecule has 0 fully saturated rings. The van der Waals surface area contributed by atoms with Crippen molar-refractivity contribution >= 4 is 17.5 Å². The number of benzene rings is 2. The molecule has 0 spiro atoms. The first kappa shape index (κ1) is 19.3. The van der Waals surface area contributed by atoms with Crippen LogP contribution < -0.4 is 15.4 Å². The maximum atomic E-state index is 12.2. The fraction of sp³-hybridized carbons (Fsp3) is 0.190. The van der Waals surface area contributed by atoms with Gasteiger partial charge in [-0.3, -0.25) is 4.79 Å². The smallest absolute Gasteiger partial charge is 0.270 e. The summed E-state index contributed by atoms with van der Waals surface area (Å²) in [6.45, 7) is 1.32. The lowest BCUT2D eigenvalue weighted by molar-refractivity contribution is 0.0946. The Hall–Kier alpha value is -3.45. The summed E-state index contributed by atoms with van der Waals surface area (Å²) in [5.41, 5.74) is 1.12. The molecule has 3 aromatic rings. The van der Waals surface area contributed by atoms with E-state index in [4.69, 9.17) is 4.74 Å². The van der Waals surface area contributed by atoms with Crippen LogP contribution >= 0.6 is 0 Å². The predicted molar refractivity (Wildman–Crippen MR) is 109 cm³/mol. The van der Waals surface area contributed by atoms with Gasteiger partial charge in [0.1, 0.15) is 17.2 Å². The van der Waals surface area contributed by atoms with Crippen LogP contribution in [0.2, 0.25) is 0 Å². The lowest BCUT2D eigenvalue weighted by Gasteiger charge is -2.11. The van der Waals surface area contributed by atoms with Crippen molar-refractivity contribution in [3.05, 3.63) is 72.6 Å². The Morgan fingerprint density at radius 3 is 2.43 bits per heavy atom. The van der Waals surface area contributed by atoms with Gasteiger partial charge >= 0.3 is 0 Å². The molecule has 7 heteroatoms. The van der Waals surface area contributed by atoms with E-state index in [9.17, 15) is 4.79 Å². The monoisotopic (exact) mass is 377 g/mol. The summed E-state index contributed by atoms with van der Waals surface area (Å²) in [4.78, 5) is 22.6. The van der Waals surface area contributed by atoms with Crippen LogP contribution in [0.3, 0.4) is 0 Å². The van der Waals surface area contributed by atoms with Gasteiger partial charge in [-0.15, -0.1) is 0 Å². The molecule has 0 saturated carbocycles. The number of anilines is 2. The lowest BCUT2D eigenvalue weighted by atomic mass is 10.3. The third kappa shape index (κ3) is 5.78. The van der Waals surface area contributed by atoms with Crippen LogP contribution in [0.15, 0.2) is 66.9 Å². The van der Waals surface area contributed by atoms with Crippen LogP contribution in [-0.4, -0.2) is 48.0 Å². The number of nitrogens with zero attached hydrogens (tertiary/aromatic N) is 3. The van der Waals surface area contributed by atoms with E-state index in [1.54, 1.807) is 12.3 Å². The van der Waals surface area contributed by atoms with E-state index in [2.05, 4.69) is 20.6 Å². The first-order valence-electron chi connectivity index (χ1n) is 8.96. The molecular weight excluding hydrogens is 354 g/mol. The van der Waals surface area contributed by atoms with Gasteiger partial charge in [-0.2, -0.15) is 0 Å². The highest BCUT2D eigenvalue weighted by Crippen LogP contribution is 2.23. The first-order chi connectivity index (χ1) is 13.6. The third-order valence-corrected chi connectivity index (χ3v) is 3.82. The second kappa shape index (κ2) is 9.48. The standard InChI is InChI=1S/C21H23N5O2/c1-26(2)15-14-22-20(27)19-12-13-23-21(25-19)24-16-8-10-18(11-9-16)28-17-6-4-3-5-7-17/h3-13H,14-15H2,1-2H3,(H,22,27)(H,23,24,25). The fourth-order valence-corrected chi connectivity index (χ4v) is 2.39. The van der Waals surface area contributed by atoms with E-state index in [-0.39, 0.29) is 5.91 Å². The van der Waals surface area contributed by atoms with Gasteiger partial charge in [-0.25, -0.2) is 9.97 Å². The van der Waals surface area contributed by atoms with Crippen LogP contribution in [0.25, 0.3) is 0 Å². The fourth-order valence-electron chi connectivity index (χ4n) is 2.39. The van der Waals surface area contributed by atoms with E-state index in [1.807, 2.05) is 73.6 Å². The molecule has 1 aromatic heterocycles. The number of para-hydroxylation sites is 1. The van der Waals surface area contributed by atoms with Gasteiger partial charge in [0.25, 0.3) is 5.91 Å². The number of aromatic nitrogens is 2. The summed E-state index contributed by atoms with van der Waals surface area (Å²) in [5, 5.41) is 5.94. The molecule has 1 amide bonds. The van der Waals surface area contributed by atoms with Gasteiger partial charge in [0.2, 0.25) is 5.95 Å². The lowest BCUT2D eigenvalue weighted by Crippen LogP contribution is -2.31. The SMILES string of the molecule is CN(C)CCNC(=O)c1ccnc(Nc2ccc(Oc3ccccc3)cc2)n1. The van der Waals surface area contributed by atoms with E-state index >= 15 is 0 Å². The molecular formula is C21H23N5O2. The van der Waals surface area contributed by atoms with Crippen molar-refractivity contribution in [2.24, 2.45) is 0 Å². The van der Waals surface area contributed by atoms with Crippen molar-refractivity contribution in [2.45, 2.75) is 0 Å². The Balaban J connectivity index is 1.60. The van der Waals surface area contributed by atoms with Crippen molar-refractivity contribution in [2.75, 3.05) is 32.5 Å². The van der Waals surface area contributed by atoms with Crippen LogP contribution in [0.5, 0.6) is 11.5 Å². The van der Waals surface area contributed by atoms with Gasteiger partial charge < -0.3 is 20.3 Å². The zero-order chi connectivity index (χ0) is 19.8. The molecule has 3 rings (SSSR count).